The van der Waals surface area contributed by atoms with Gasteiger partial charge in [0.25, 0.3) is 0 Å². The second-order valence-corrected chi connectivity index (χ2v) is 5.77. The number of alkyl halides is 1. The van der Waals surface area contributed by atoms with Crippen LogP contribution in [-0.2, 0) is 14.2 Å². The summed E-state index contributed by atoms with van der Waals surface area (Å²) in [5.41, 5.74) is 0. The molecule has 3 nitrogen and oxygen atoms in total. The summed E-state index contributed by atoms with van der Waals surface area (Å²) < 4.78 is 16.8. The largest absolute Gasteiger partial charge is 0.377 e. The fourth-order valence-corrected chi connectivity index (χ4v) is 2.80. The van der Waals surface area contributed by atoms with Gasteiger partial charge in [-0.1, -0.05) is 35.2 Å². The molecular weight excluding hydrogens is 272 g/mol. The lowest BCUT2D eigenvalue weighted by molar-refractivity contribution is -0.0319. The van der Waals surface area contributed by atoms with Crippen LogP contribution >= 0.6 is 15.9 Å². The van der Waals surface area contributed by atoms with Crippen molar-refractivity contribution in [3.63, 3.8) is 0 Å². The van der Waals surface area contributed by atoms with Gasteiger partial charge >= 0.3 is 0 Å². The van der Waals surface area contributed by atoms with Crippen LogP contribution in [0.3, 0.4) is 0 Å². The van der Waals surface area contributed by atoms with Crippen molar-refractivity contribution in [1.29, 1.82) is 0 Å². The van der Waals surface area contributed by atoms with Crippen molar-refractivity contribution in [2.24, 2.45) is 0 Å². The van der Waals surface area contributed by atoms with Crippen LogP contribution in [0.2, 0.25) is 0 Å². The lowest BCUT2D eigenvalue weighted by Crippen LogP contribution is -2.25. The molecule has 0 amide bonds. The molecule has 2 unspecified atom stereocenters. The Kier molecular flexibility index (Phi) is 5.56. The van der Waals surface area contributed by atoms with Gasteiger partial charge in [0.1, 0.15) is 0 Å². The first kappa shape index (κ1) is 12.8. The van der Waals surface area contributed by atoms with Gasteiger partial charge in [-0.2, -0.15) is 0 Å². The minimum absolute atomic E-state index is 0.204. The zero-order valence-corrected chi connectivity index (χ0v) is 11.3. The van der Waals surface area contributed by atoms with Crippen LogP contribution in [0.15, 0.2) is 0 Å². The number of hydrogen-bond acceptors (Lipinski definition) is 3. The lowest BCUT2D eigenvalue weighted by Gasteiger charge is -2.22. The third-order valence-electron chi connectivity index (χ3n) is 3.28. The van der Waals surface area contributed by atoms with Crippen LogP contribution in [0.5, 0.6) is 0 Å². The molecule has 1 heterocycles. The Labute approximate surface area is 106 Å². The molecule has 1 aliphatic carbocycles. The first-order valence-corrected chi connectivity index (χ1v) is 7.23. The van der Waals surface area contributed by atoms with Gasteiger partial charge in [0.2, 0.25) is 0 Å². The Morgan fingerprint density at radius 1 is 1.00 bits per heavy atom. The van der Waals surface area contributed by atoms with E-state index < -0.39 is 0 Å². The first-order valence-electron chi connectivity index (χ1n) is 6.31. The third kappa shape index (κ3) is 3.99. The number of hydrogen-bond donors (Lipinski definition) is 0. The van der Waals surface area contributed by atoms with Crippen LogP contribution in [0, 0.1) is 0 Å². The molecule has 0 N–H and O–H groups in total. The first-order chi connectivity index (χ1) is 7.86. The van der Waals surface area contributed by atoms with E-state index in [2.05, 4.69) is 15.9 Å². The molecule has 2 atom stereocenters. The molecule has 0 spiro atoms. The van der Waals surface area contributed by atoms with Crippen molar-refractivity contribution in [2.45, 2.75) is 49.1 Å². The van der Waals surface area contributed by atoms with Crippen molar-refractivity contribution in [1.82, 2.24) is 0 Å². The quantitative estimate of drug-likeness (QED) is 0.576. The topological polar surface area (TPSA) is 27.7 Å². The van der Waals surface area contributed by atoms with E-state index in [4.69, 9.17) is 14.2 Å². The highest BCUT2D eigenvalue weighted by molar-refractivity contribution is 9.09. The van der Waals surface area contributed by atoms with Gasteiger partial charge in [-0.15, -0.1) is 0 Å². The molecule has 2 aliphatic rings. The second kappa shape index (κ2) is 6.94. The average molecular weight is 293 g/mol. The molecule has 94 valence electrons. The molecule has 0 bridgehead atoms. The minimum Gasteiger partial charge on any atom is -0.377 e. The molecule has 4 heteroatoms. The Bertz CT molecular complexity index is 195. The Balaban J connectivity index is 1.51. The maximum Gasteiger partial charge on any atom is 0.0956 e. The molecule has 2 rings (SSSR count). The summed E-state index contributed by atoms with van der Waals surface area (Å²) in [6.07, 6.45) is 7.17. The van der Waals surface area contributed by atoms with E-state index in [0.717, 1.165) is 13.2 Å². The zero-order valence-electron chi connectivity index (χ0n) is 9.70. The van der Waals surface area contributed by atoms with Gasteiger partial charge < -0.3 is 14.2 Å². The van der Waals surface area contributed by atoms with Crippen LogP contribution in [0.4, 0.5) is 0 Å². The van der Waals surface area contributed by atoms with Crippen LogP contribution in [0.1, 0.15) is 32.1 Å². The van der Waals surface area contributed by atoms with E-state index in [1.54, 1.807) is 0 Å². The van der Waals surface area contributed by atoms with Gasteiger partial charge in [-0.25, -0.2) is 0 Å². The Morgan fingerprint density at radius 3 is 2.44 bits per heavy atom. The summed E-state index contributed by atoms with van der Waals surface area (Å²) in [4.78, 5) is 0.349. The molecule has 0 aromatic carbocycles. The van der Waals surface area contributed by atoms with Gasteiger partial charge in [-0.3, -0.25) is 0 Å². The molecule has 1 aliphatic heterocycles. The van der Waals surface area contributed by atoms with Crippen molar-refractivity contribution in [3.05, 3.63) is 0 Å². The van der Waals surface area contributed by atoms with Crippen LogP contribution in [-0.4, -0.2) is 43.5 Å². The fourth-order valence-electron chi connectivity index (χ4n) is 2.31. The summed E-state index contributed by atoms with van der Waals surface area (Å²) in [7, 11) is 0. The van der Waals surface area contributed by atoms with E-state index >= 15 is 0 Å². The second-order valence-electron chi connectivity index (χ2n) is 4.59. The standard InChI is InChI=1S/C12H21BrO3/c13-11-8-14-9-12(11)16-7-6-15-10-4-2-1-3-5-10/h10-12H,1-9H2. The highest BCUT2D eigenvalue weighted by Crippen LogP contribution is 2.20. The van der Waals surface area contributed by atoms with Gasteiger partial charge in [0.05, 0.1) is 43.5 Å². The smallest absolute Gasteiger partial charge is 0.0956 e. The van der Waals surface area contributed by atoms with Crippen molar-refractivity contribution in [3.8, 4) is 0 Å². The predicted octanol–water partition coefficient (Wildman–Crippen LogP) is 2.51. The summed E-state index contributed by atoms with van der Waals surface area (Å²) in [6.45, 7) is 2.88. The SMILES string of the molecule is BrC1COCC1OCCOC1CCCCC1. The van der Waals surface area contributed by atoms with Crippen LogP contribution < -0.4 is 0 Å². The monoisotopic (exact) mass is 292 g/mol. The Hall–Kier alpha value is 0.360. The molecule has 0 radical (unpaired) electrons. The maximum absolute atomic E-state index is 5.80. The van der Waals surface area contributed by atoms with E-state index in [1.165, 1.54) is 32.1 Å². The summed E-state index contributed by atoms with van der Waals surface area (Å²) in [5, 5.41) is 0. The molecule has 16 heavy (non-hydrogen) atoms. The average Bonchev–Trinajstić information content (AvgIpc) is 2.72. The number of rotatable bonds is 5. The number of ether oxygens (including phenoxy) is 3. The zero-order chi connectivity index (χ0) is 11.2. The van der Waals surface area contributed by atoms with Crippen molar-refractivity contribution >= 4 is 15.9 Å². The molecule has 1 saturated heterocycles. The normalized spacial score (nSPS) is 32.1. The van der Waals surface area contributed by atoms with Crippen LogP contribution in [0.25, 0.3) is 0 Å². The van der Waals surface area contributed by atoms with Crippen molar-refractivity contribution in [2.75, 3.05) is 26.4 Å². The lowest BCUT2D eigenvalue weighted by atomic mass is 9.98. The maximum atomic E-state index is 5.80. The van der Waals surface area contributed by atoms with E-state index in [0.29, 0.717) is 24.1 Å². The van der Waals surface area contributed by atoms with Gasteiger partial charge in [0.15, 0.2) is 0 Å². The van der Waals surface area contributed by atoms with E-state index in [1.807, 2.05) is 0 Å². The number of halogens is 1. The third-order valence-corrected chi connectivity index (χ3v) is 4.14. The highest BCUT2D eigenvalue weighted by Gasteiger charge is 2.26. The molecule has 2 fully saturated rings. The van der Waals surface area contributed by atoms with Gasteiger partial charge in [-0.05, 0) is 12.8 Å². The predicted molar refractivity (Wildman–Crippen MR) is 66.1 cm³/mol. The van der Waals surface area contributed by atoms with E-state index in [9.17, 15) is 0 Å². The van der Waals surface area contributed by atoms with Gasteiger partial charge in [0, 0.05) is 0 Å². The molecule has 0 aromatic rings. The molecular formula is C12H21BrO3. The molecule has 0 aromatic heterocycles. The highest BCUT2D eigenvalue weighted by atomic mass is 79.9. The summed E-state index contributed by atoms with van der Waals surface area (Å²) >= 11 is 3.54. The van der Waals surface area contributed by atoms with E-state index in [-0.39, 0.29) is 6.10 Å². The fraction of sp³-hybridized carbons (Fsp3) is 1.00. The summed E-state index contributed by atoms with van der Waals surface area (Å²) in [5.74, 6) is 0. The Morgan fingerprint density at radius 2 is 1.75 bits per heavy atom. The molecule has 1 saturated carbocycles. The van der Waals surface area contributed by atoms with Crippen molar-refractivity contribution < 1.29 is 14.2 Å². The minimum atomic E-state index is 0.204. The summed E-state index contributed by atoms with van der Waals surface area (Å²) in [6, 6.07) is 0.